The van der Waals surface area contributed by atoms with E-state index in [1.165, 1.54) is 35.0 Å². The molecule has 0 spiro atoms. The summed E-state index contributed by atoms with van der Waals surface area (Å²) in [6.07, 6.45) is 1.45. The highest BCUT2D eigenvalue weighted by molar-refractivity contribution is 5.43. The monoisotopic (exact) mass is 233 g/mol. The first-order valence-electron chi connectivity index (χ1n) is 5.09. The van der Waals surface area contributed by atoms with E-state index in [1.54, 1.807) is 6.07 Å². The fourth-order valence-corrected chi connectivity index (χ4v) is 1.63. The third-order valence-corrected chi connectivity index (χ3v) is 2.42. The number of benzene rings is 1. The van der Waals surface area contributed by atoms with E-state index < -0.39 is 5.82 Å². The first-order chi connectivity index (χ1) is 8.11. The zero-order valence-corrected chi connectivity index (χ0v) is 9.06. The molecule has 0 saturated carbocycles. The number of aromatic nitrogens is 1. The van der Waals surface area contributed by atoms with Gasteiger partial charge in [-0.2, -0.15) is 0 Å². The minimum absolute atomic E-state index is 0.0964. The van der Waals surface area contributed by atoms with Gasteiger partial charge < -0.3 is 11.5 Å². The molecule has 1 aromatic heterocycles. The molecule has 0 atom stereocenters. The van der Waals surface area contributed by atoms with Crippen molar-refractivity contribution in [3.05, 3.63) is 58.3 Å². The Hall–Kier alpha value is -2.14. The minimum atomic E-state index is -0.411. The van der Waals surface area contributed by atoms with Crippen LogP contribution in [0.25, 0.3) is 5.69 Å². The highest BCUT2D eigenvalue weighted by atomic mass is 19.1. The zero-order valence-electron chi connectivity index (χ0n) is 9.06. The Labute approximate surface area is 97.3 Å². The summed E-state index contributed by atoms with van der Waals surface area (Å²) in [6, 6.07) is 7.26. The third-order valence-electron chi connectivity index (χ3n) is 2.42. The Kier molecular flexibility index (Phi) is 2.93. The lowest BCUT2D eigenvalue weighted by atomic mass is 10.2. The quantitative estimate of drug-likeness (QED) is 0.813. The lowest BCUT2D eigenvalue weighted by Crippen LogP contribution is -2.24. The average molecular weight is 233 g/mol. The van der Waals surface area contributed by atoms with Gasteiger partial charge in [-0.3, -0.25) is 9.36 Å². The predicted octanol–water partition coefficient (Wildman–Crippen LogP) is 1.02. The molecule has 2 rings (SSSR count). The van der Waals surface area contributed by atoms with Gasteiger partial charge in [0.05, 0.1) is 5.69 Å². The number of nitrogens with zero attached hydrogens (tertiary/aromatic N) is 1. The minimum Gasteiger partial charge on any atom is -0.398 e. The summed E-state index contributed by atoms with van der Waals surface area (Å²) < 4.78 is 14.4. The summed E-state index contributed by atoms with van der Waals surface area (Å²) in [5, 5.41) is 0. The predicted molar refractivity (Wildman–Crippen MR) is 64.3 cm³/mol. The molecular formula is C12H12FN3O. The van der Waals surface area contributed by atoms with E-state index >= 15 is 0 Å². The third kappa shape index (κ3) is 2.19. The van der Waals surface area contributed by atoms with Crippen LogP contribution in [0.1, 0.15) is 5.56 Å². The molecular weight excluding hydrogens is 221 g/mol. The van der Waals surface area contributed by atoms with E-state index in [0.29, 0.717) is 16.9 Å². The molecule has 0 aliphatic carbocycles. The van der Waals surface area contributed by atoms with Crippen molar-refractivity contribution >= 4 is 5.69 Å². The number of rotatable bonds is 2. The van der Waals surface area contributed by atoms with Gasteiger partial charge in [0.1, 0.15) is 5.82 Å². The van der Waals surface area contributed by atoms with Gasteiger partial charge in [0.2, 0.25) is 0 Å². The van der Waals surface area contributed by atoms with Crippen molar-refractivity contribution < 1.29 is 4.39 Å². The Balaban J connectivity index is 2.67. The van der Waals surface area contributed by atoms with Crippen molar-refractivity contribution in [3.8, 4) is 5.69 Å². The number of hydrogen-bond acceptors (Lipinski definition) is 3. The average Bonchev–Trinajstić information content (AvgIpc) is 2.31. The molecule has 0 bridgehead atoms. The normalized spacial score (nSPS) is 10.5. The second-order valence-corrected chi connectivity index (χ2v) is 3.66. The SMILES string of the molecule is NCc1cc(N)cn(-c2cccc(F)c2)c1=O. The zero-order chi connectivity index (χ0) is 12.4. The molecule has 0 radical (unpaired) electrons. The van der Waals surface area contributed by atoms with Crippen LogP contribution in [0.3, 0.4) is 0 Å². The molecule has 2 aromatic rings. The van der Waals surface area contributed by atoms with Crippen LogP contribution in [0.15, 0.2) is 41.3 Å². The van der Waals surface area contributed by atoms with Crippen molar-refractivity contribution in [3.63, 3.8) is 0 Å². The van der Waals surface area contributed by atoms with E-state index in [1.807, 2.05) is 0 Å². The van der Waals surface area contributed by atoms with Crippen LogP contribution in [0.2, 0.25) is 0 Å². The highest BCUT2D eigenvalue weighted by Crippen LogP contribution is 2.10. The summed E-state index contributed by atoms with van der Waals surface area (Å²) in [5.74, 6) is -0.411. The Morgan fingerprint density at radius 3 is 2.71 bits per heavy atom. The first kappa shape index (κ1) is 11.3. The molecule has 5 heteroatoms. The Morgan fingerprint density at radius 2 is 2.06 bits per heavy atom. The number of hydrogen-bond donors (Lipinski definition) is 2. The molecule has 4 N–H and O–H groups in total. The molecule has 0 aliphatic heterocycles. The number of nitrogen functional groups attached to an aromatic ring is 1. The van der Waals surface area contributed by atoms with Crippen LogP contribution in [-0.4, -0.2) is 4.57 Å². The Bertz CT molecular complexity index is 607. The van der Waals surface area contributed by atoms with Crippen molar-refractivity contribution in [1.82, 2.24) is 4.57 Å². The van der Waals surface area contributed by atoms with E-state index in [0.717, 1.165) is 0 Å². The molecule has 17 heavy (non-hydrogen) atoms. The molecule has 0 aliphatic rings. The van der Waals surface area contributed by atoms with Gasteiger partial charge in [0, 0.05) is 24.0 Å². The van der Waals surface area contributed by atoms with Crippen molar-refractivity contribution in [2.24, 2.45) is 5.73 Å². The maximum atomic E-state index is 13.1. The van der Waals surface area contributed by atoms with Crippen LogP contribution in [0, 0.1) is 5.82 Å². The summed E-state index contributed by atoms with van der Waals surface area (Å²) >= 11 is 0. The Morgan fingerprint density at radius 1 is 1.29 bits per heavy atom. The van der Waals surface area contributed by atoms with Gasteiger partial charge in [0.25, 0.3) is 5.56 Å². The molecule has 4 nitrogen and oxygen atoms in total. The topological polar surface area (TPSA) is 74.0 Å². The number of halogens is 1. The summed E-state index contributed by atoms with van der Waals surface area (Å²) in [7, 11) is 0. The number of nitrogens with two attached hydrogens (primary N) is 2. The number of anilines is 1. The van der Waals surface area contributed by atoms with Crippen LogP contribution in [0.4, 0.5) is 10.1 Å². The molecule has 0 saturated heterocycles. The van der Waals surface area contributed by atoms with E-state index in [2.05, 4.69) is 0 Å². The van der Waals surface area contributed by atoms with Crippen LogP contribution in [-0.2, 0) is 6.54 Å². The summed E-state index contributed by atoms with van der Waals surface area (Å²) in [5.41, 5.74) is 12.1. The number of pyridine rings is 1. The van der Waals surface area contributed by atoms with Gasteiger partial charge in [-0.1, -0.05) is 6.07 Å². The maximum Gasteiger partial charge on any atom is 0.259 e. The lowest BCUT2D eigenvalue weighted by molar-refractivity contribution is 0.626. The fraction of sp³-hybridized carbons (Fsp3) is 0.0833. The molecule has 88 valence electrons. The molecule has 1 heterocycles. The van der Waals surface area contributed by atoms with Crippen molar-refractivity contribution in [1.29, 1.82) is 0 Å². The van der Waals surface area contributed by atoms with Crippen molar-refractivity contribution in [2.75, 3.05) is 5.73 Å². The van der Waals surface area contributed by atoms with Gasteiger partial charge in [0.15, 0.2) is 0 Å². The standard InChI is InChI=1S/C12H12FN3O/c13-9-2-1-3-11(5-9)16-7-10(15)4-8(6-14)12(16)17/h1-5,7H,6,14-15H2. The van der Waals surface area contributed by atoms with E-state index in [-0.39, 0.29) is 12.1 Å². The fourth-order valence-electron chi connectivity index (χ4n) is 1.63. The van der Waals surface area contributed by atoms with E-state index in [4.69, 9.17) is 11.5 Å². The maximum absolute atomic E-state index is 13.1. The second-order valence-electron chi connectivity index (χ2n) is 3.66. The van der Waals surface area contributed by atoms with Gasteiger partial charge >= 0.3 is 0 Å². The second kappa shape index (κ2) is 4.39. The lowest BCUT2D eigenvalue weighted by Gasteiger charge is -2.09. The van der Waals surface area contributed by atoms with Gasteiger partial charge in [-0.15, -0.1) is 0 Å². The smallest absolute Gasteiger partial charge is 0.259 e. The van der Waals surface area contributed by atoms with Gasteiger partial charge in [-0.25, -0.2) is 4.39 Å². The van der Waals surface area contributed by atoms with Crippen LogP contribution in [0.5, 0.6) is 0 Å². The largest absolute Gasteiger partial charge is 0.398 e. The highest BCUT2D eigenvalue weighted by Gasteiger charge is 2.06. The first-order valence-corrected chi connectivity index (χ1v) is 5.09. The van der Waals surface area contributed by atoms with Crippen LogP contribution >= 0.6 is 0 Å². The molecule has 1 aromatic carbocycles. The van der Waals surface area contributed by atoms with E-state index in [9.17, 15) is 9.18 Å². The molecule has 0 unspecified atom stereocenters. The summed E-state index contributed by atoms with van der Waals surface area (Å²) in [4.78, 5) is 12.0. The summed E-state index contributed by atoms with van der Waals surface area (Å²) in [6.45, 7) is 0.0964. The van der Waals surface area contributed by atoms with Gasteiger partial charge in [-0.05, 0) is 24.3 Å². The molecule has 0 fully saturated rings. The van der Waals surface area contributed by atoms with Crippen LogP contribution < -0.4 is 17.0 Å². The molecule has 0 amide bonds. The van der Waals surface area contributed by atoms with Crippen molar-refractivity contribution in [2.45, 2.75) is 6.54 Å².